The van der Waals surface area contributed by atoms with Gasteiger partial charge in [0.25, 0.3) is 5.91 Å². The monoisotopic (exact) mass is 389 g/mol. The molecule has 0 fully saturated rings. The van der Waals surface area contributed by atoms with E-state index in [0.29, 0.717) is 24.0 Å². The zero-order chi connectivity index (χ0) is 20.9. The zero-order valence-corrected chi connectivity index (χ0v) is 17.3. The van der Waals surface area contributed by atoms with Gasteiger partial charge in [0.15, 0.2) is 0 Å². The number of nitrogens with one attached hydrogen (secondary N) is 1. The van der Waals surface area contributed by atoms with Gasteiger partial charge in [-0.05, 0) is 43.0 Å². The first-order valence-corrected chi connectivity index (χ1v) is 10.2. The minimum atomic E-state index is -1.09. The summed E-state index contributed by atoms with van der Waals surface area (Å²) in [5.41, 5.74) is 3.19. The zero-order valence-electron chi connectivity index (χ0n) is 17.3. The molecule has 1 amide bonds. The molecule has 0 bridgehead atoms. The van der Waals surface area contributed by atoms with Crippen molar-refractivity contribution in [2.45, 2.75) is 52.0 Å². The summed E-state index contributed by atoms with van der Waals surface area (Å²) in [4.78, 5) is 26.2. The van der Waals surface area contributed by atoms with E-state index in [1.165, 1.54) is 0 Å². The highest BCUT2D eigenvalue weighted by Crippen LogP contribution is 2.32. The molecule has 0 spiro atoms. The maximum absolute atomic E-state index is 13.3. The van der Waals surface area contributed by atoms with Crippen LogP contribution >= 0.6 is 0 Å². The largest absolute Gasteiger partial charge is 0.464 e. The summed E-state index contributed by atoms with van der Waals surface area (Å²) in [5.74, 6) is 5.58. The van der Waals surface area contributed by atoms with E-state index in [4.69, 9.17) is 4.74 Å². The average molecular weight is 389 g/mol. The molecule has 0 saturated carbocycles. The number of carbonyl (C=O) groups is 2. The molecular formula is C25H27NO3. The van der Waals surface area contributed by atoms with E-state index in [2.05, 4.69) is 24.1 Å². The molecule has 3 rings (SSSR count). The van der Waals surface area contributed by atoms with Gasteiger partial charge in [-0.2, -0.15) is 0 Å². The summed E-state index contributed by atoms with van der Waals surface area (Å²) < 4.78 is 5.35. The van der Waals surface area contributed by atoms with Crippen LogP contribution in [0.4, 0.5) is 0 Å². The number of fused-ring (bicyclic) bond motifs is 1. The first-order valence-electron chi connectivity index (χ1n) is 10.2. The Morgan fingerprint density at radius 2 is 1.76 bits per heavy atom. The molecule has 150 valence electrons. The van der Waals surface area contributed by atoms with E-state index in [1.54, 1.807) is 13.0 Å². The molecule has 1 aliphatic rings. The van der Waals surface area contributed by atoms with E-state index >= 15 is 0 Å². The van der Waals surface area contributed by atoms with Gasteiger partial charge in [-0.15, -0.1) is 0 Å². The lowest BCUT2D eigenvalue weighted by molar-refractivity contribution is -0.150. The summed E-state index contributed by atoms with van der Waals surface area (Å²) in [7, 11) is 0. The van der Waals surface area contributed by atoms with E-state index in [9.17, 15) is 9.59 Å². The number of esters is 1. The molecule has 29 heavy (non-hydrogen) atoms. The number of rotatable bonds is 5. The highest BCUT2D eigenvalue weighted by atomic mass is 16.5. The van der Waals surface area contributed by atoms with Crippen molar-refractivity contribution < 1.29 is 14.3 Å². The van der Waals surface area contributed by atoms with Crippen LogP contribution in [0, 0.1) is 18.8 Å². The third-order valence-corrected chi connectivity index (χ3v) is 5.23. The van der Waals surface area contributed by atoms with E-state index < -0.39 is 11.5 Å². The Labute approximate surface area is 172 Å². The number of unbranched alkanes of at least 4 members (excludes halogenated alkanes) is 1. The van der Waals surface area contributed by atoms with Crippen LogP contribution in [0.15, 0.2) is 42.5 Å². The Morgan fingerprint density at radius 1 is 1.07 bits per heavy atom. The molecule has 4 nitrogen and oxygen atoms in total. The third kappa shape index (κ3) is 4.35. The lowest BCUT2D eigenvalue weighted by Gasteiger charge is -2.28. The summed E-state index contributed by atoms with van der Waals surface area (Å²) in [6.07, 6.45) is 2.59. The molecule has 2 aromatic carbocycles. The maximum atomic E-state index is 13.3. The van der Waals surface area contributed by atoms with Crippen LogP contribution in [0.5, 0.6) is 0 Å². The van der Waals surface area contributed by atoms with Crippen LogP contribution in [-0.4, -0.2) is 24.0 Å². The van der Waals surface area contributed by atoms with Gasteiger partial charge in [0.1, 0.15) is 5.54 Å². The fourth-order valence-electron chi connectivity index (χ4n) is 3.75. The fraction of sp³-hybridized carbons (Fsp3) is 0.360. The lowest BCUT2D eigenvalue weighted by atomic mass is 9.93. The van der Waals surface area contributed by atoms with Crippen molar-refractivity contribution in [3.63, 3.8) is 0 Å². The SMILES string of the molecule is CCCC#Cc1c(C)cccc1C(=O)NC1(C(=O)OCC)Cc2ccccc2C1. The van der Waals surface area contributed by atoms with Gasteiger partial charge >= 0.3 is 5.97 Å². The number of amides is 1. The second-order valence-electron chi connectivity index (χ2n) is 7.43. The summed E-state index contributed by atoms with van der Waals surface area (Å²) in [5, 5.41) is 3.02. The quantitative estimate of drug-likeness (QED) is 0.622. The van der Waals surface area contributed by atoms with Crippen LogP contribution in [-0.2, 0) is 22.4 Å². The Bertz CT molecular complexity index is 956. The molecule has 0 aromatic heterocycles. The Kier molecular flexibility index (Phi) is 6.39. The molecule has 0 atom stereocenters. The van der Waals surface area contributed by atoms with Crippen molar-refractivity contribution >= 4 is 11.9 Å². The second kappa shape index (κ2) is 8.96. The van der Waals surface area contributed by atoms with Gasteiger partial charge in [-0.3, -0.25) is 4.79 Å². The Morgan fingerprint density at radius 3 is 2.38 bits per heavy atom. The molecule has 4 heteroatoms. The van der Waals surface area contributed by atoms with Crippen molar-refractivity contribution in [3.05, 3.63) is 70.3 Å². The molecule has 2 aromatic rings. The van der Waals surface area contributed by atoms with Gasteiger partial charge in [0.05, 0.1) is 12.2 Å². The molecule has 0 radical (unpaired) electrons. The number of ether oxygens (including phenoxy) is 1. The van der Waals surface area contributed by atoms with Crippen molar-refractivity contribution in [3.8, 4) is 11.8 Å². The lowest BCUT2D eigenvalue weighted by Crippen LogP contribution is -2.56. The Hall–Kier alpha value is -3.06. The molecule has 0 unspecified atom stereocenters. The van der Waals surface area contributed by atoms with Crippen molar-refractivity contribution in [2.24, 2.45) is 0 Å². The first kappa shape index (κ1) is 20.7. The second-order valence-corrected chi connectivity index (χ2v) is 7.43. The maximum Gasteiger partial charge on any atom is 0.332 e. The van der Waals surface area contributed by atoms with Crippen LogP contribution in [0.25, 0.3) is 0 Å². The molecule has 0 aliphatic heterocycles. The number of aryl methyl sites for hydroxylation is 1. The first-order chi connectivity index (χ1) is 14.0. The summed E-state index contributed by atoms with van der Waals surface area (Å²) >= 11 is 0. The van der Waals surface area contributed by atoms with E-state index in [0.717, 1.165) is 29.5 Å². The standard InChI is InChI=1S/C25H27NO3/c1-4-6-7-14-21-18(3)11-10-15-22(21)23(27)26-25(24(28)29-5-2)16-19-12-8-9-13-20(19)17-25/h8-13,15H,4-6,16-17H2,1-3H3,(H,26,27). The number of hydrogen-bond donors (Lipinski definition) is 1. The van der Waals surface area contributed by atoms with Gasteiger partial charge < -0.3 is 10.1 Å². The van der Waals surface area contributed by atoms with Gasteiger partial charge in [-0.25, -0.2) is 4.79 Å². The van der Waals surface area contributed by atoms with E-state index in [-0.39, 0.29) is 12.5 Å². The minimum Gasteiger partial charge on any atom is -0.464 e. The van der Waals surface area contributed by atoms with Crippen molar-refractivity contribution in [1.82, 2.24) is 5.32 Å². The average Bonchev–Trinajstić information content (AvgIpc) is 3.08. The molecule has 0 saturated heterocycles. The predicted molar refractivity (Wildman–Crippen MR) is 114 cm³/mol. The number of hydrogen-bond acceptors (Lipinski definition) is 3. The van der Waals surface area contributed by atoms with Gasteiger partial charge in [0, 0.05) is 24.8 Å². The number of carbonyl (C=O) groups excluding carboxylic acids is 2. The van der Waals surface area contributed by atoms with Crippen LogP contribution in [0.2, 0.25) is 0 Å². The van der Waals surface area contributed by atoms with Crippen LogP contribution in [0.3, 0.4) is 0 Å². The molecule has 1 N–H and O–H groups in total. The predicted octanol–water partition coefficient (Wildman–Crippen LogP) is 3.98. The Balaban J connectivity index is 1.94. The normalized spacial score (nSPS) is 13.8. The van der Waals surface area contributed by atoms with Crippen LogP contribution < -0.4 is 5.32 Å². The van der Waals surface area contributed by atoms with Crippen molar-refractivity contribution in [1.29, 1.82) is 0 Å². The van der Waals surface area contributed by atoms with Gasteiger partial charge in [-0.1, -0.05) is 55.2 Å². The fourth-order valence-corrected chi connectivity index (χ4v) is 3.75. The topological polar surface area (TPSA) is 55.4 Å². The summed E-state index contributed by atoms with van der Waals surface area (Å²) in [6, 6.07) is 13.4. The highest BCUT2D eigenvalue weighted by Gasteiger charge is 2.46. The molecule has 1 aliphatic carbocycles. The van der Waals surface area contributed by atoms with Gasteiger partial charge in [0.2, 0.25) is 0 Å². The third-order valence-electron chi connectivity index (χ3n) is 5.23. The molecular weight excluding hydrogens is 362 g/mol. The smallest absolute Gasteiger partial charge is 0.332 e. The molecule has 0 heterocycles. The highest BCUT2D eigenvalue weighted by molar-refractivity contribution is 6.01. The van der Waals surface area contributed by atoms with E-state index in [1.807, 2.05) is 43.3 Å². The minimum absolute atomic E-state index is 0.269. The van der Waals surface area contributed by atoms with Crippen molar-refractivity contribution in [2.75, 3.05) is 6.61 Å². The summed E-state index contributed by atoms with van der Waals surface area (Å²) in [6.45, 7) is 6.06. The number of benzene rings is 2. The van der Waals surface area contributed by atoms with Crippen LogP contribution in [0.1, 0.15) is 59.3 Å².